The number of carbonyl (C=O) groups is 2. The molecule has 26 heavy (non-hydrogen) atoms. The molecule has 0 saturated carbocycles. The van der Waals surface area contributed by atoms with Crippen LogP contribution < -0.4 is 4.74 Å². The van der Waals surface area contributed by atoms with Crippen LogP contribution in [0.25, 0.3) is 6.08 Å². The normalized spacial score (nSPS) is 15.6. The summed E-state index contributed by atoms with van der Waals surface area (Å²) in [5, 5.41) is 0. The van der Waals surface area contributed by atoms with Crippen molar-refractivity contribution in [1.29, 1.82) is 0 Å². The lowest BCUT2D eigenvalue weighted by atomic mass is 10.2. The highest BCUT2D eigenvalue weighted by Crippen LogP contribution is 2.32. The molecule has 1 saturated heterocycles. The number of nitrogens with zero attached hydrogens (tertiary/aromatic N) is 1. The summed E-state index contributed by atoms with van der Waals surface area (Å²) in [6.45, 7) is 2.41. The Balaban J connectivity index is 1.70. The van der Waals surface area contributed by atoms with Crippen LogP contribution in [0, 0.1) is 5.82 Å². The predicted molar refractivity (Wildman–Crippen MR) is 103 cm³/mol. The minimum Gasteiger partial charge on any atom is -0.423 e. The molecule has 7 heteroatoms. The SMILES string of the molecule is CCN1C(=O)/C(=C\c2ccc(OC(=O)c3ccc(F)cc3)cc2)SC1=S. The molecule has 0 aromatic heterocycles. The Kier molecular flexibility index (Phi) is 5.49. The van der Waals surface area contributed by atoms with Gasteiger partial charge in [0.25, 0.3) is 5.91 Å². The molecule has 1 aliphatic rings. The van der Waals surface area contributed by atoms with Crippen LogP contribution >= 0.6 is 24.0 Å². The van der Waals surface area contributed by atoms with Crippen molar-refractivity contribution >= 4 is 46.3 Å². The topological polar surface area (TPSA) is 46.6 Å². The van der Waals surface area contributed by atoms with E-state index in [-0.39, 0.29) is 11.5 Å². The van der Waals surface area contributed by atoms with E-state index in [9.17, 15) is 14.0 Å². The van der Waals surface area contributed by atoms with Crippen LogP contribution in [0.1, 0.15) is 22.8 Å². The van der Waals surface area contributed by atoms with Gasteiger partial charge in [0.2, 0.25) is 0 Å². The zero-order chi connectivity index (χ0) is 18.7. The van der Waals surface area contributed by atoms with E-state index in [1.54, 1.807) is 35.2 Å². The number of rotatable bonds is 4. The number of thioether (sulfide) groups is 1. The van der Waals surface area contributed by atoms with E-state index < -0.39 is 11.8 Å². The Morgan fingerprint density at radius 2 is 1.85 bits per heavy atom. The van der Waals surface area contributed by atoms with Crippen molar-refractivity contribution < 1.29 is 18.7 Å². The van der Waals surface area contributed by atoms with Crippen LogP contribution in [-0.4, -0.2) is 27.6 Å². The number of esters is 1. The van der Waals surface area contributed by atoms with Crippen molar-refractivity contribution in [2.24, 2.45) is 0 Å². The van der Waals surface area contributed by atoms with Crippen molar-refractivity contribution in [2.45, 2.75) is 6.92 Å². The summed E-state index contributed by atoms with van der Waals surface area (Å²) in [6, 6.07) is 11.9. The molecule has 1 amide bonds. The first kappa shape index (κ1) is 18.3. The largest absolute Gasteiger partial charge is 0.423 e. The maximum Gasteiger partial charge on any atom is 0.343 e. The third-order valence-corrected chi connectivity index (χ3v) is 5.04. The van der Waals surface area contributed by atoms with Gasteiger partial charge in [-0.15, -0.1) is 0 Å². The van der Waals surface area contributed by atoms with Gasteiger partial charge in [0, 0.05) is 6.54 Å². The number of hydrogen-bond donors (Lipinski definition) is 0. The van der Waals surface area contributed by atoms with E-state index >= 15 is 0 Å². The van der Waals surface area contributed by atoms with Crippen LogP contribution in [0.3, 0.4) is 0 Å². The summed E-state index contributed by atoms with van der Waals surface area (Å²) in [5.41, 5.74) is 1.06. The van der Waals surface area contributed by atoms with Gasteiger partial charge < -0.3 is 4.74 Å². The highest BCUT2D eigenvalue weighted by molar-refractivity contribution is 8.26. The van der Waals surface area contributed by atoms with Crippen LogP contribution in [0.2, 0.25) is 0 Å². The van der Waals surface area contributed by atoms with E-state index in [0.717, 1.165) is 5.56 Å². The second kappa shape index (κ2) is 7.80. The van der Waals surface area contributed by atoms with Crippen molar-refractivity contribution in [1.82, 2.24) is 4.90 Å². The molecular weight excluding hydrogens is 373 g/mol. The molecule has 132 valence electrons. The summed E-state index contributed by atoms with van der Waals surface area (Å²) >= 11 is 6.45. The first-order valence-electron chi connectivity index (χ1n) is 7.81. The summed E-state index contributed by atoms with van der Waals surface area (Å²) < 4.78 is 18.7. The van der Waals surface area contributed by atoms with E-state index in [4.69, 9.17) is 17.0 Å². The van der Waals surface area contributed by atoms with Crippen LogP contribution in [0.4, 0.5) is 4.39 Å². The monoisotopic (exact) mass is 387 g/mol. The maximum atomic E-state index is 12.9. The Labute approximate surface area is 159 Å². The van der Waals surface area contributed by atoms with Gasteiger partial charge in [-0.25, -0.2) is 9.18 Å². The second-order valence-electron chi connectivity index (χ2n) is 5.39. The van der Waals surface area contributed by atoms with Crippen molar-refractivity contribution in [3.8, 4) is 5.75 Å². The van der Waals surface area contributed by atoms with Gasteiger partial charge in [-0.1, -0.05) is 36.1 Å². The van der Waals surface area contributed by atoms with Gasteiger partial charge in [0.1, 0.15) is 15.9 Å². The summed E-state index contributed by atoms with van der Waals surface area (Å²) in [4.78, 5) is 26.3. The zero-order valence-corrected chi connectivity index (χ0v) is 15.4. The summed E-state index contributed by atoms with van der Waals surface area (Å²) in [6.07, 6.45) is 1.75. The molecule has 1 fully saturated rings. The number of halogens is 1. The first-order chi connectivity index (χ1) is 12.5. The Bertz CT molecular complexity index is 892. The lowest BCUT2D eigenvalue weighted by Crippen LogP contribution is -2.27. The number of ether oxygens (including phenoxy) is 1. The maximum absolute atomic E-state index is 12.9. The van der Waals surface area contributed by atoms with Crippen molar-refractivity contribution in [3.05, 3.63) is 70.4 Å². The number of carbonyl (C=O) groups excluding carboxylic acids is 2. The molecule has 1 aliphatic heterocycles. The summed E-state index contributed by atoms with van der Waals surface area (Å²) in [7, 11) is 0. The van der Waals surface area contributed by atoms with Gasteiger partial charge >= 0.3 is 5.97 Å². The molecule has 1 heterocycles. The van der Waals surface area contributed by atoms with Crippen LogP contribution in [0.15, 0.2) is 53.4 Å². The number of amides is 1. The average molecular weight is 387 g/mol. The molecule has 0 bridgehead atoms. The third-order valence-electron chi connectivity index (χ3n) is 3.66. The lowest BCUT2D eigenvalue weighted by molar-refractivity contribution is -0.121. The number of thiocarbonyl (C=S) groups is 1. The molecule has 0 radical (unpaired) electrons. The van der Waals surface area contributed by atoms with Crippen LogP contribution in [-0.2, 0) is 4.79 Å². The van der Waals surface area contributed by atoms with Crippen molar-refractivity contribution in [3.63, 3.8) is 0 Å². The molecule has 0 atom stereocenters. The molecule has 0 unspecified atom stereocenters. The molecule has 3 rings (SSSR count). The minimum absolute atomic E-state index is 0.102. The number of benzene rings is 2. The van der Waals surface area contributed by atoms with Gasteiger partial charge in [0.05, 0.1) is 10.5 Å². The fourth-order valence-electron chi connectivity index (χ4n) is 2.31. The summed E-state index contributed by atoms with van der Waals surface area (Å²) in [5.74, 6) is -0.729. The van der Waals surface area contributed by atoms with Gasteiger partial charge in [0.15, 0.2) is 0 Å². The molecule has 0 N–H and O–H groups in total. The van der Waals surface area contributed by atoms with E-state index in [2.05, 4.69) is 0 Å². The smallest absolute Gasteiger partial charge is 0.343 e. The molecule has 0 aliphatic carbocycles. The lowest BCUT2D eigenvalue weighted by Gasteiger charge is -2.09. The molecular formula is C19H14FNO3S2. The first-order valence-corrected chi connectivity index (χ1v) is 9.03. The predicted octanol–water partition coefficient (Wildman–Crippen LogP) is 4.27. The Morgan fingerprint density at radius 1 is 1.19 bits per heavy atom. The minimum atomic E-state index is -0.568. The van der Waals surface area contributed by atoms with E-state index in [1.165, 1.54) is 36.0 Å². The second-order valence-corrected chi connectivity index (χ2v) is 7.07. The fourth-order valence-corrected chi connectivity index (χ4v) is 3.69. The fraction of sp³-hybridized carbons (Fsp3) is 0.105. The standard InChI is InChI=1S/C19H14FNO3S2/c1-2-21-17(22)16(26-19(21)25)11-12-3-9-15(10-4-12)24-18(23)13-5-7-14(20)8-6-13/h3-11H,2H2,1H3/b16-11+. The van der Waals surface area contributed by atoms with E-state index in [0.29, 0.717) is 21.5 Å². The average Bonchev–Trinajstić information content (AvgIpc) is 2.90. The molecule has 4 nitrogen and oxygen atoms in total. The number of likely N-dealkylation sites (N-methyl/N-ethyl adjacent to an activating group) is 1. The quantitative estimate of drug-likeness (QED) is 0.339. The van der Waals surface area contributed by atoms with Gasteiger partial charge in [-0.3, -0.25) is 9.69 Å². The third kappa shape index (κ3) is 4.00. The van der Waals surface area contributed by atoms with E-state index in [1.807, 2.05) is 6.92 Å². The Hall–Kier alpha value is -2.51. The van der Waals surface area contributed by atoms with Crippen LogP contribution in [0.5, 0.6) is 5.75 Å². The zero-order valence-electron chi connectivity index (χ0n) is 13.8. The molecule has 2 aromatic rings. The van der Waals surface area contributed by atoms with Gasteiger partial charge in [-0.2, -0.15) is 0 Å². The van der Waals surface area contributed by atoms with Gasteiger partial charge in [-0.05, 0) is 55.0 Å². The molecule has 2 aromatic carbocycles. The molecule has 0 spiro atoms. The van der Waals surface area contributed by atoms with Crippen molar-refractivity contribution in [2.75, 3.05) is 6.54 Å². The highest BCUT2D eigenvalue weighted by atomic mass is 32.2. The number of hydrogen-bond acceptors (Lipinski definition) is 5. The Morgan fingerprint density at radius 3 is 2.42 bits per heavy atom. The highest BCUT2D eigenvalue weighted by Gasteiger charge is 2.30.